The molecule has 0 aromatic carbocycles. The van der Waals surface area contributed by atoms with Crippen molar-refractivity contribution >= 4 is 16.5 Å². The Kier molecular flexibility index (Phi) is 6.30. The van der Waals surface area contributed by atoms with Crippen molar-refractivity contribution in [2.45, 2.75) is 65.5 Å². The molecule has 1 N–H and O–H groups in total. The minimum atomic E-state index is 0.737. The summed E-state index contributed by atoms with van der Waals surface area (Å²) in [4.78, 5) is 8.58. The Morgan fingerprint density at radius 2 is 2.15 bits per heavy atom. The van der Waals surface area contributed by atoms with Crippen LogP contribution < -0.4 is 5.32 Å². The monoisotopic (exact) mass is 295 g/mol. The number of thiazole rings is 1. The fourth-order valence-corrected chi connectivity index (χ4v) is 3.84. The first-order valence-electron chi connectivity index (χ1n) is 8.11. The zero-order valence-electron chi connectivity index (χ0n) is 13.2. The van der Waals surface area contributed by atoms with Gasteiger partial charge in [0.1, 0.15) is 0 Å². The maximum Gasteiger partial charge on any atom is 0.182 e. The lowest BCUT2D eigenvalue weighted by Gasteiger charge is -2.29. The molecule has 0 atom stereocenters. The van der Waals surface area contributed by atoms with Gasteiger partial charge >= 0.3 is 0 Å². The smallest absolute Gasteiger partial charge is 0.182 e. The summed E-state index contributed by atoms with van der Waals surface area (Å²) in [6, 6.07) is 0.798. The van der Waals surface area contributed by atoms with Crippen LogP contribution in [0.4, 0.5) is 5.13 Å². The molecule has 1 aliphatic rings. The van der Waals surface area contributed by atoms with E-state index in [1.807, 2.05) is 11.3 Å². The Labute approximate surface area is 127 Å². The summed E-state index contributed by atoms with van der Waals surface area (Å²) in [5, 5.41) is 4.47. The maximum atomic E-state index is 4.49. The van der Waals surface area contributed by atoms with Gasteiger partial charge in [0.05, 0.1) is 0 Å². The highest BCUT2D eigenvalue weighted by Crippen LogP contribution is 2.27. The number of hydrogen-bond donors (Lipinski definition) is 1. The van der Waals surface area contributed by atoms with Crippen molar-refractivity contribution in [2.75, 3.05) is 18.4 Å². The molecule has 0 spiro atoms. The Balaban J connectivity index is 1.93. The molecule has 0 radical (unpaired) electrons. The van der Waals surface area contributed by atoms with E-state index in [0.717, 1.165) is 36.6 Å². The first kappa shape index (κ1) is 15.8. The Bertz CT molecular complexity index is 383. The third kappa shape index (κ3) is 4.74. The van der Waals surface area contributed by atoms with Gasteiger partial charge in [0.25, 0.3) is 0 Å². The van der Waals surface area contributed by atoms with Crippen molar-refractivity contribution in [3.05, 3.63) is 11.1 Å². The van der Waals surface area contributed by atoms with Gasteiger partial charge in [-0.1, -0.05) is 33.6 Å². The van der Waals surface area contributed by atoms with Crippen LogP contribution in [-0.2, 0) is 6.54 Å². The van der Waals surface area contributed by atoms with Crippen LogP contribution in [0.1, 0.15) is 57.8 Å². The fraction of sp³-hybridized carbons (Fsp3) is 0.812. The van der Waals surface area contributed by atoms with Crippen LogP contribution in [0.25, 0.3) is 0 Å². The van der Waals surface area contributed by atoms with Crippen LogP contribution >= 0.6 is 11.3 Å². The second kappa shape index (κ2) is 7.99. The number of nitrogens with one attached hydrogen (secondary N) is 1. The average molecular weight is 295 g/mol. The van der Waals surface area contributed by atoms with Gasteiger partial charge in [-0.25, -0.2) is 4.98 Å². The molecule has 0 aliphatic heterocycles. The first-order chi connectivity index (χ1) is 9.69. The molecule has 0 amide bonds. The fourth-order valence-electron chi connectivity index (χ4n) is 2.98. The van der Waals surface area contributed by atoms with Gasteiger partial charge in [-0.3, -0.25) is 4.90 Å². The van der Waals surface area contributed by atoms with Gasteiger partial charge in [0.2, 0.25) is 0 Å². The van der Waals surface area contributed by atoms with Crippen LogP contribution in [0.2, 0.25) is 0 Å². The van der Waals surface area contributed by atoms with Crippen molar-refractivity contribution in [1.82, 2.24) is 9.88 Å². The van der Waals surface area contributed by atoms with E-state index in [-0.39, 0.29) is 0 Å². The lowest BCUT2D eigenvalue weighted by molar-refractivity contribution is 0.170. The average Bonchev–Trinajstić information content (AvgIpc) is 3.06. The highest BCUT2D eigenvalue weighted by molar-refractivity contribution is 7.15. The van der Waals surface area contributed by atoms with Crippen molar-refractivity contribution in [3.8, 4) is 0 Å². The van der Waals surface area contributed by atoms with Crippen molar-refractivity contribution < 1.29 is 0 Å². The van der Waals surface area contributed by atoms with Crippen LogP contribution in [0, 0.1) is 5.92 Å². The third-order valence-corrected chi connectivity index (χ3v) is 4.82. The zero-order chi connectivity index (χ0) is 14.4. The summed E-state index contributed by atoms with van der Waals surface area (Å²) in [6.07, 6.45) is 8.79. The van der Waals surface area contributed by atoms with Gasteiger partial charge in [-0.15, -0.1) is 11.3 Å². The molecule has 1 aliphatic carbocycles. The molecule has 1 saturated carbocycles. The minimum Gasteiger partial charge on any atom is -0.362 e. The molecule has 3 nitrogen and oxygen atoms in total. The predicted octanol–water partition coefficient (Wildman–Crippen LogP) is 4.37. The number of aromatic nitrogens is 1. The van der Waals surface area contributed by atoms with E-state index in [9.17, 15) is 0 Å². The number of hydrogen-bond acceptors (Lipinski definition) is 4. The van der Waals surface area contributed by atoms with E-state index in [4.69, 9.17) is 0 Å². The first-order valence-corrected chi connectivity index (χ1v) is 8.93. The summed E-state index contributed by atoms with van der Waals surface area (Å²) < 4.78 is 0. The number of rotatable bonds is 8. The lowest BCUT2D eigenvalue weighted by Crippen LogP contribution is -2.35. The maximum absolute atomic E-state index is 4.49. The van der Waals surface area contributed by atoms with E-state index in [1.165, 1.54) is 37.1 Å². The quantitative estimate of drug-likeness (QED) is 0.772. The summed E-state index contributed by atoms with van der Waals surface area (Å²) >= 11 is 1.82. The SMILES string of the molecule is CCCNc1ncc(CN(CC(C)C)C2CCCC2)s1. The summed E-state index contributed by atoms with van der Waals surface area (Å²) in [5.41, 5.74) is 0. The van der Waals surface area contributed by atoms with E-state index in [1.54, 1.807) is 0 Å². The Morgan fingerprint density at radius 3 is 2.80 bits per heavy atom. The molecule has 20 heavy (non-hydrogen) atoms. The van der Waals surface area contributed by atoms with Gasteiger partial charge in [0, 0.05) is 36.8 Å². The Hall–Kier alpha value is -0.610. The van der Waals surface area contributed by atoms with Gasteiger partial charge in [-0.2, -0.15) is 0 Å². The molecule has 0 unspecified atom stereocenters. The van der Waals surface area contributed by atoms with Crippen molar-refractivity contribution in [2.24, 2.45) is 5.92 Å². The molecule has 4 heteroatoms. The van der Waals surface area contributed by atoms with Crippen LogP contribution in [-0.4, -0.2) is 29.0 Å². The molecular formula is C16H29N3S. The van der Waals surface area contributed by atoms with Gasteiger partial charge < -0.3 is 5.32 Å². The molecule has 1 heterocycles. The van der Waals surface area contributed by atoms with E-state index in [0.29, 0.717) is 0 Å². The second-order valence-corrected chi connectivity index (χ2v) is 7.44. The van der Waals surface area contributed by atoms with E-state index < -0.39 is 0 Å². The van der Waals surface area contributed by atoms with E-state index in [2.05, 4.69) is 42.2 Å². The number of anilines is 1. The molecular weight excluding hydrogens is 266 g/mol. The van der Waals surface area contributed by atoms with Gasteiger partial charge in [0.15, 0.2) is 5.13 Å². The standard InChI is InChI=1S/C16H29N3S/c1-4-9-17-16-18-10-15(20-16)12-19(11-13(2)3)14-7-5-6-8-14/h10,13-14H,4-9,11-12H2,1-3H3,(H,17,18). The van der Waals surface area contributed by atoms with Crippen LogP contribution in [0.3, 0.4) is 0 Å². The molecule has 114 valence electrons. The summed E-state index contributed by atoms with van der Waals surface area (Å²) in [5.74, 6) is 0.737. The number of nitrogens with zero attached hydrogens (tertiary/aromatic N) is 2. The normalized spacial score (nSPS) is 16.4. The minimum absolute atomic E-state index is 0.737. The van der Waals surface area contributed by atoms with E-state index >= 15 is 0 Å². The van der Waals surface area contributed by atoms with Crippen LogP contribution in [0.15, 0.2) is 6.20 Å². The summed E-state index contributed by atoms with van der Waals surface area (Å²) in [7, 11) is 0. The topological polar surface area (TPSA) is 28.2 Å². The highest BCUT2D eigenvalue weighted by atomic mass is 32.1. The molecule has 1 fully saturated rings. The van der Waals surface area contributed by atoms with Crippen molar-refractivity contribution in [3.63, 3.8) is 0 Å². The molecule has 0 saturated heterocycles. The zero-order valence-corrected chi connectivity index (χ0v) is 14.0. The van der Waals surface area contributed by atoms with Crippen LogP contribution in [0.5, 0.6) is 0 Å². The third-order valence-electron chi connectivity index (χ3n) is 3.88. The molecule has 1 aromatic rings. The molecule has 2 rings (SSSR count). The molecule has 0 bridgehead atoms. The Morgan fingerprint density at radius 1 is 1.40 bits per heavy atom. The van der Waals surface area contributed by atoms with Crippen molar-refractivity contribution in [1.29, 1.82) is 0 Å². The summed E-state index contributed by atoms with van der Waals surface area (Å²) in [6.45, 7) is 10.1. The highest BCUT2D eigenvalue weighted by Gasteiger charge is 2.23. The largest absolute Gasteiger partial charge is 0.362 e. The van der Waals surface area contributed by atoms with Gasteiger partial charge in [-0.05, 0) is 25.2 Å². The predicted molar refractivity (Wildman–Crippen MR) is 88.4 cm³/mol. The lowest BCUT2D eigenvalue weighted by atomic mass is 10.1. The molecule has 1 aromatic heterocycles. The second-order valence-electron chi connectivity index (χ2n) is 6.32.